The zero-order valence-electron chi connectivity index (χ0n) is 11.4. The van der Waals surface area contributed by atoms with Gasteiger partial charge in [-0.1, -0.05) is 0 Å². The lowest BCUT2D eigenvalue weighted by Gasteiger charge is -2.23. The van der Waals surface area contributed by atoms with Crippen LogP contribution in [0, 0.1) is 0 Å². The molecular weight excluding hydrogens is 230 g/mol. The summed E-state index contributed by atoms with van der Waals surface area (Å²) in [7, 11) is 3.39. The molecule has 1 aromatic rings. The molecule has 18 heavy (non-hydrogen) atoms. The third-order valence-electron chi connectivity index (χ3n) is 2.75. The fourth-order valence-electron chi connectivity index (χ4n) is 1.63. The van der Waals surface area contributed by atoms with Crippen LogP contribution in [0.3, 0.4) is 0 Å². The van der Waals surface area contributed by atoms with Gasteiger partial charge < -0.3 is 20.1 Å². The summed E-state index contributed by atoms with van der Waals surface area (Å²) in [6, 6.07) is 3.98. The Kier molecular flexibility index (Phi) is 6.64. The topological polar surface area (TPSA) is 60.6 Å². The van der Waals surface area contributed by atoms with Gasteiger partial charge in [-0.3, -0.25) is 0 Å². The molecule has 102 valence electrons. The summed E-state index contributed by atoms with van der Waals surface area (Å²) in [4.78, 5) is 6.52. The maximum Gasteiger partial charge on any atom is 0.128 e. The SMILES string of the molecule is COCCN(CCOC)c1cc([C@@H](C)N)ccn1. The number of hydrogen-bond donors (Lipinski definition) is 1. The Morgan fingerprint density at radius 1 is 1.28 bits per heavy atom. The molecule has 0 amide bonds. The van der Waals surface area contributed by atoms with Crippen molar-refractivity contribution in [1.82, 2.24) is 4.98 Å². The molecule has 5 heteroatoms. The summed E-state index contributed by atoms with van der Waals surface area (Å²) in [6.07, 6.45) is 1.79. The minimum Gasteiger partial charge on any atom is -0.383 e. The first-order chi connectivity index (χ1) is 8.69. The third kappa shape index (κ3) is 4.60. The van der Waals surface area contributed by atoms with Crippen molar-refractivity contribution in [3.8, 4) is 0 Å². The average molecular weight is 253 g/mol. The quantitative estimate of drug-likeness (QED) is 0.754. The van der Waals surface area contributed by atoms with Crippen molar-refractivity contribution in [2.24, 2.45) is 5.73 Å². The Labute approximate surface area is 109 Å². The van der Waals surface area contributed by atoms with E-state index in [1.54, 1.807) is 20.4 Å². The molecule has 0 spiro atoms. The summed E-state index contributed by atoms with van der Waals surface area (Å²) in [5, 5.41) is 0. The van der Waals surface area contributed by atoms with E-state index in [2.05, 4.69) is 9.88 Å². The van der Waals surface area contributed by atoms with E-state index < -0.39 is 0 Å². The fourth-order valence-corrected chi connectivity index (χ4v) is 1.63. The van der Waals surface area contributed by atoms with Gasteiger partial charge >= 0.3 is 0 Å². The molecule has 0 aliphatic rings. The molecule has 1 atom stereocenters. The first-order valence-electron chi connectivity index (χ1n) is 6.13. The van der Waals surface area contributed by atoms with Gasteiger partial charge in [0.15, 0.2) is 0 Å². The van der Waals surface area contributed by atoms with E-state index in [-0.39, 0.29) is 6.04 Å². The number of hydrogen-bond acceptors (Lipinski definition) is 5. The van der Waals surface area contributed by atoms with E-state index in [1.165, 1.54) is 0 Å². The summed E-state index contributed by atoms with van der Waals surface area (Å²) in [5.74, 6) is 0.916. The van der Waals surface area contributed by atoms with E-state index in [1.807, 2.05) is 19.1 Å². The Hall–Kier alpha value is -1.17. The molecule has 0 bridgehead atoms. The summed E-state index contributed by atoms with van der Waals surface area (Å²) >= 11 is 0. The number of nitrogens with zero attached hydrogens (tertiary/aromatic N) is 2. The van der Waals surface area contributed by atoms with Crippen molar-refractivity contribution in [2.75, 3.05) is 45.4 Å². The molecule has 0 unspecified atom stereocenters. The van der Waals surface area contributed by atoms with E-state index in [4.69, 9.17) is 15.2 Å². The average Bonchev–Trinajstić information content (AvgIpc) is 2.39. The standard InChI is InChI=1S/C13H23N3O2/c1-11(14)12-4-5-15-13(10-12)16(6-8-17-2)7-9-18-3/h4-5,10-11H,6-9,14H2,1-3H3/t11-/m1/s1. The normalized spacial score (nSPS) is 12.4. The van der Waals surface area contributed by atoms with Gasteiger partial charge in [-0.15, -0.1) is 0 Å². The Morgan fingerprint density at radius 2 is 1.89 bits per heavy atom. The lowest BCUT2D eigenvalue weighted by atomic mass is 10.1. The van der Waals surface area contributed by atoms with Gasteiger partial charge in [-0.25, -0.2) is 4.98 Å². The van der Waals surface area contributed by atoms with Crippen molar-refractivity contribution in [2.45, 2.75) is 13.0 Å². The van der Waals surface area contributed by atoms with Crippen LogP contribution < -0.4 is 10.6 Å². The van der Waals surface area contributed by atoms with Crippen LogP contribution in [0.2, 0.25) is 0 Å². The number of aromatic nitrogens is 1. The minimum atomic E-state index is 0.0125. The molecule has 1 aromatic heterocycles. The molecule has 0 aliphatic carbocycles. The van der Waals surface area contributed by atoms with Crippen LogP contribution in [0.4, 0.5) is 5.82 Å². The summed E-state index contributed by atoms with van der Waals surface area (Å²) in [5.41, 5.74) is 6.97. The highest BCUT2D eigenvalue weighted by atomic mass is 16.5. The highest BCUT2D eigenvalue weighted by Gasteiger charge is 2.09. The molecule has 1 rings (SSSR count). The largest absolute Gasteiger partial charge is 0.383 e. The number of rotatable bonds is 8. The monoisotopic (exact) mass is 253 g/mol. The Bertz CT molecular complexity index is 337. The van der Waals surface area contributed by atoms with Crippen LogP contribution in [-0.2, 0) is 9.47 Å². The predicted molar refractivity (Wildman–Crippen MR) is 72.8 cm³/mol. The number of nitrogens with two attached hydrogens (primary N) is 1. The van der Waals surface area contributed by atoms with E-state index >= 15 is 0 Å². The van der Waals surface area contributed by atoms with Gasteiger partial charge in [-0.2, -0.15) is 0 Å². The molecule has 5 nitrogen and oxygen atoms in total. The second kappa shape index (κ2) is 8.02. The zero-order valence-corrected chi connectivity index (χ0v) is 11.4. The van der Waals surface area contributed by atoms with E-state index in [0.717, 1.165) is 24.5 Å². The maximum atomic E-state index is 5.89. The van der Waals surface area contributed by atoms with Gasteiger partial charge in [-0.05, 0) is 24.6 Å². The number of anilines is 1. The smallest absolute Gasteiger partial charge is 0.128 e. The second-order valence-electron chi connectivity index (χ2n) is 4.21. The molecule has 1 heterocycles. The fraction of sp³-hybridized carbons (Fsp3) is 0.615. The van der Waals surface area contributed by atoms with Gasteiger partial charge in [0, 0.05) is 39.5 Å². The first-order valence-corrected chi connectivity index (χ1v) is 6.13. The Balaban J connectivity index is 2.78. The zero-order chi connectivity index (χ0) is 13.4. The van der Waals surface area contributed by atoms with Crippen molar-refractivity contribution in [1.29, 1.82) is 0 Å². The third-order valence-corrected chi connectivity index (χ3v) is 2.75. The van der Waals surface area contributed by atoms with Gasteiger partial charge in [0.2, 0.25) is 0 Å². The predicted octanol–water partition coefficient (Wildman–Crippen LogP) is 1.20. The van der Waals surface area contributed by atoms with E-state index in [9.17, 15) is 0 Å². The molecular formula is C13H23N3O2. The summed E-state index contributed by atoms with van der Waals surface area (Å²) < 4.78 is 10.2. The lowest BCUT2D eigenvalue weighted by Crippen LogP contribution is -2.31. The maximum absolute atomic E-state index is 5.89. The van der Waals surface area contributed by atoms with E-state index in [0.29, 0.717) is 13.2 Å². The molecule has 0 saturated carbocycles. The molecule has 0 aromatic carbocycles. The number of methoxy groups -OCH3 is 2. The van der Waals surface area contributed by atoms with Crippen LogP contribution >= 0.6 is 0 Å². The highest BCUT2D eigenvalue weighted by Crippen LogP contribution is 2.16. The highest BCUT2D eigenvalue weighted by molar-refractivity contribution is 5.41. The molecule has 0 aliphatic heterocycles. The van der Waals surface area contributed by atoms with Crippen molar-refractivity contribution < 1.29 is 9.47 Å². The Morgan fingerprint density at radius 3 is 2.39 bits per heavy atom. The number of ether oxygens (including phenoxy) is 2. The molecule has 0 saturated heterocycles. The van der Waals surface area contributed by atoms with Crippen LogP contribution in [0.25, 0.3) is 0 Å². The van der Waals surface area contributed by atoms with Gasteiger partial charge in [0.1, 0.15) is 5.82 Å². The first kappa shape index (κ1) is 14.9. The van der Waals surface area contributed by atoms with Crippen molar-refractivity contribution in [3.05, 3.63) is 23.9 Å². The lowest BCUT2D eigenvalue weighted by molar-refractivity contribution is 0.190. The van der Waals surface area contributed by atoms with Crippen LogP contribution in [-0.4, -0.2) is 45.5 Å². The van der Waals surface area contributed by atoms with Gasteiger partial charge in [0.25, 0.3) is 0 Å². The summed E-state index contributed by atoms with van der Waals surface area (Å²) in [6.45, 7) is 4.86. The molecule has 0 fully saturated rings. The molecule has 2 N–H and O–H groups in total. The van der Waals surface area contributed by atoms with Gasteiger partial charge in [0.05, 0.1) is 13.2 Å². The van der Waals surface area contributed by atoms with Crippen LogP contribution in [0.15, 0.2) is 18.3 Å². The molecule has 0 radical (unpaired) electrons. The van der Waals surface area contributed by atoms with Crippen LogP contribution in [0.5, 0.6) is 0 Å². The number of pyridine rings is 1. The van der Waals surface area contributed by atoms with Crippen molar-refractivity contribution >= 4 is 5.82 Å². The minimum absolute atomic E-state index is 0.0125. The van der Waals surface area contributed by atoms with Crippen molar-refractivity contribution in [3.63, 3.8) is 0 Å². The second-order valence-corrected chi connectivity index (χ2v) is 4.21. The van der Waals surface area contributed by atoms with Crippen LogP contribution in [0.1, 0.15) is 18.5 Å².